The number of hydrogen-bond donors (Lipinski definition) is 2. The van der Waals surface area contributed by atoms with E-state index < -0.39 is 30.9 Å². The molecule has 2 N–H and O–H groups in total. The van der Waals surface area contributed by atoms with Crippen molar-refractivity contribution in [2.24, 2.45) is 5.92 Å². The quantitative estimate of drug-likeness (QED) is 0.553. The highest BCUT2D eigenvalue weighted by Gasteiger charge is 2.42. The SMILES string of the molecule is Cc1cc(C(=O)NC(C)c2ccnc(NC(=O)C(C)C)c2)cnc1OCC(F)(F)C(F)F. The summed E-state index contributed by atoms with van der Waals surface area (Å²) in [4.78, 5) is 32.3. The lowest BCUT2D eigenvalue weighted by Gasteiger charge is -2.17. The number of pyridine rings is 2. The van der Waals surface area contributed by atoms with Gasteiger partial charge in [0.15, 0.2) is 6.61 Å². The Morgan fingerprint density at radius 1 is 1.16 bits per heavy atom. The third-order valence-corrected chi connectivity index (χ3v) is 4.42. The Labute approximate surface area is 182 Å². The molecule has 1 unspecified atom stereocenters. The van der Waals surface area contributed by atoms with E-state index in [0.717, 1.165) is 6.20 Å². The van der Waals surface area contributed by atoms with E-state index in [9.17, 15) is 27.2 Å². The highest BCUT2D eigenvalue weighted by Crippen LogP contribution is 2.25. The van der Waals surface area contributed by atoms with Crippen LogP contribution in [0.1, 0.15) is 48.3 Å². The van der Waals surface area contributed by atoms with E-state index in [-0.39, 0.29) is 28.8 Å². The number of anilines is 1. The molecule has 0 saturated carbocycles. The van der Waals surface area contributed by atoms with Crippen molar-refractivity contribution >= 4 is 17.6 Å². The number of nitrogens with one attached hydrogen (secondary N) is 2. The third kappa shape index (κ3) is 6.63. The fourth-order valence-electron chi connectivity index (χ4n) is 2.48. The number of hydrogen-bond acceptors (Lipinski definition) is 5. The maximum absolute atomic E-state index is 13.0. The summed E-state index contributed by atoms with van der Waals surface area (Å²) < 4.78 is 55.2. The minimum absolute atomic E-state index is 0.129. The molecule has 0 saturated heterocycles. The minimum atomic E-state index is -4.31. The van der Waals surface area contributed by atoms with Gasteiger partial charge in [-0.05, 0) is 37.6 Å². The van der Waals surface area contributed by atoms with Crippen molar-refractivity contribution in [1.82, 2.24) is 15.3 Å². The molecule has 2 aromatic heterocycles. The Hall–Kier alpha value is -3.24. The highest BCUT2D eigenvalue weighted by molar-refractivity contribution is 5.94. The van der Waals surface area contributed by atoms with Crippen LogP contribution in [0.3, 0.4) is 0 Å². The lowest BCUT2D eigenvalue weighted by molar-refractivity contribution is -0.148. The number of carbonyl (C=O) groups is 2. The minimum Gasteiger partial charge on any atom is -0.471 e. The van der Waals surface area contributed by atoms with Gasteiger partial charge in [-0.15, -0.1) is 0 Å². The summed E-state index contributed by atoms with van der Waals surface area (Å²) in [5, 5.41) is 5.43. The molecule has 0 aromatic carbocycles. The van der Waals surface area contributed by atoms with Gasteiger partial charge in [-0.25, -0.2) is 18.7 Å². The smallest absolute Gasteiger partial charge is 0.340 e. The van der Waals surface area contributed by atoms with Gasteiger partial charge in [-0.2, -0.15) is 8.78 Å². The van der Waals surface area contributed by atoms with Crippen LogP contribution in [0, 0.1) is 12.8 Å². The molecule has 0 aliphatic carbocycles. The highest BCUT2D eigenvalue weighted by atomic mass is 19.3. The number of alkyl halides is 4. The van der Waals surface area contributed by atoms with Crippen molar-refractivity contribution in [2.45, 2.75) is 46.1 Å². The van der Waals surface area contributed by atoms with Crippen LogP contribution in [-0.2, 0) is 4.79 Å². The maximum Gasteiger partial charge on any atom is 0.340 e. The second-order valence-electron chi connectivity index (χ2n) is 7.51. The average Bonchev–Trinajstić information content (AvgIpc) is 2.72. The number of halogens is 4. The summed E-state index contributed by atoms with van der Waals surface area (Å²) in [5.74, 6) is -5.14. The lowest BCUT2D eigenvalue weighted by Crippen LogP contribution is -2.34. The Bertz CT molecular complexity index is 970. The number of nitrogens with zero attached hydrogens (tertiary/aromatic N) is 2. The molecule has 0 radical (unpaired) electrons. The summed E-state index contributed by atoms with van der Waals surface area (Å²) in [6.45, 7) is 5.15. The average molecular weight is 456 g/mol. The van der Waals surface area contributed by atoms with E-state index in [4.69, 9.17) is 4.74 Å². The van der Waals surface area contributed by atoms with E-state index >= 15 is 0 Å². The normalized spacial score (nSPS) is 12.6. The van der Waals surface area contributed by atoms with Crippen LogP contribution >= 0.6 is 0 Å². The summed E-state index contributed by atoms with van der Waals surface area (Å²) in [5.41, 5.74) is 1.05. The fourth-order valence-corrected chi connectivity index (χ4v) is 2.48. The van der Waals surface area contributed by atoms with Gasteiger partial charge < -0.3 is 15.4 Å². The van der Waals surface area contributed by atoms with Crippen molar-refractivity contribution in [1.29, 1.82) is 0 Å². The molecule has 0 fully saturated rings. The van der Waals surface area contributed by atoms with Crippen molar-refractivity contribution in [2.75, 3.05) is 11.9 Å². The van der Waals surface area contributed by atoms with Crippen LogP contribution in [0.25, 0.3) is 0 Å². The van der Waals surface area contributed by atoms with E-state index in [1.165, 1.54) is 19.2 Å². The number of aromatic nitrogens is 2. The van der Waals surface area contributed by atoms with E-state index in [1.807, 2.05) is 0 Å². The molecule has 2 amide bonds. The van der Waals surface area contributed by atoms with E-state index in [2.05, 4.69) is 20.6 Å². The molecule has 1 atom stereocenters. The van der Waals surface area contributed by atoms with Crippen LogP contribution in [0.5, 0.6) is 5.88 Å². The Balaban J connectivity index is 2.04. The number of rotatable bonds is 9. The molecule has 2 aromatic rings. The molecule has 7 nitrogen and oxygen atoms in total. The molecule has 174 valence electrons. The molecule has 2 heterocycles. The number of carbonyl (C=O) groups excluding carboxylic acids is 2. The fraction of sp³-hybridized carbons (Fsp3) is 0.429. The van der Waals surface area contributed by atoms with Crippen LogP contribution < -0.4 is 15.4 Å². The summed E-state index contributed by atoms with van der Waals surface area (Å²) in [6, 6.07) is 4.21. The molecular weight excluding hydrogens is 432 g/mol. The molecule has 0 aliphatic rings. The van der Waals surface area contributed by atoms with E-state index in [0.29, 0.717) is 11.4 Å². The molecule has 32 heavy (non-hydrogen) atoms. The zero-order chi connectivity index (χ0) is 24.1. The second kappa shape index (κ2) is 10.4. The predicted molar refractivity (Wildman–Crippen MR) is 109 cm³/mol. The number of ether oxygens (including phenoxy) is 1. The topological polar surface area (TPSA) is 93.2 Å². The van der Waals surface area contributed by atoms with Gasteiger partial charge in [0, 0.05) is 23.9 Å². The van der Waals surface area contributed by atoms with Crippen molar-refractivity contribution in [3.8, 4) is 5.88 Å². The van der Waals surface area contributed by atoms with Crippen molar-refractivity contribution in [3.63, 3.8) is 0 Å². The standard InChI is InChI=1S/C21H24F4N4O3/c1-11(2)17(30)29-16-8-14(5-6-26-16)13(4)28-18(31)15-7-12(3)19(27-9-15)32-10-21(24,25)20(22)23/h5-9,11,13,20H,10H2,1-4H3,(H,28,31)(H,26,29,30). The zero-order valence-corrected chi connectivity index (χ0v) is 18.0. The monoisotopic (exact) mass is 456 g/mol. The Morgan fingerprint density at radius 3 is 2.44 bits per heavy atom. The van der Waals surface area contributed by atoms with Gasteiger partial charge in [0.2, 0.25) is 11.8 Å². The summed E-state index contributed by atoms with van der Waals surface area (Å²) in [7, 11) is 0. The molecule has 0 aliphatic heterocycles. The number of aryl methyl sites for hydroxylation is 1. The van der Waals surface area contributed by atoms with Gasteiger partial charge >= 0.3 is 12.3 Å². The largest absolute Gasteiger partial charge is 0.471 e. The zero-order valence-electron chi connectivity index (χ0n) is 18.0. The van der Waals surface area contributed by atoms with Crippen molar-refractivity contribution < 1.29 is 31.9 Å². The predicted octanol–water partition coefficient (Wildman–Crippen LogP) is 4.15. The van der Waals surface area contributed by atoms with Crippen LogP contribution in [0.2, 0.25) is 0 Å². The first-order valence-corrected chi connectivity index (χ1v) is 9.73. The first-order valence-electron chi connectivity index (χ1n) is 9.73. The maximum atomic E-state index is 13.0. The third-order valence-electron chi connectivity index (χ3n) is 4.42. The lowest BCUT2D eigenvalue weighted by atomic mass is 10.1. The first-order chi connectivity index (χ1) is 14.9. The summed E-state index contributed by atoms with van der Waals surface area (Å²) >= 11 is 0. The second-order valence-corrected chi connectivity index (χ2v) is 7.51. The molecular formula is C21H24F4N4O3. The molecule has 11 heteroatoms. The first kappa shape index (κ1) is 25.0. The molecule has 0 spiro atoms. The van der Waals surface area contributed by atoms with Gasteiger partial charge in [0.25, 0.3) is 5.91 Å². The Kier molecular flexibility index (Phi) is 8.12. The van der Waals surface area contributed by atoms with Crippen LogP contribution in [-0.4, -0.2) is 40.7 Å². The number of amides is 2. The summed E-state index contributed by atoms with van der Waals surface area (Å²) in [6.07, 6.45) is -1.26. The Morgan fingerprint density at radius 2 is 1.84 bits per heavy atom. The van der Waals surface area contributed by atoms with Gasteiger partial charge in [0.05, 0.1) is 11.6 Å². The molecule has 0 bridgehead atoms. The van der Waals surface area contributed by atoms with Crippen LogP contribution in [0.4, 0.5) is 23.4 Å². The van der Waals surface area contributed by atoms with E-state index in [1.54, 1.807) is 32.9 Å². The van der Waals surface area contributed by atoms with Gasteiger partial charge in [-0.1, -0.05) is 13.8 Å². The van der Waals surface area contributed by atoms with Gasteiger partial charge in [0.1, 0.15) is 5.82 Å². The molecule has 2 rings (SSSR count). The van der Waals surface area contributed by atoms with Crippen molar-refractivity contribution in [3.05, 3.63) is 47.3 Å². The van der Waals surface area contributed by atoms with Crippen LogP contribution in [0.15, 0.2) is 30.6 Å². The van der Waals surface area contributed by atoms with Gasteiger partial charge in [-0.3, -0.25) is 9.59 Å².